The van der Waals surface area contributed by atoms with Crippen LogP contribution in [0.3, 0.4) is 0 Å². The molecule has 0 radical (unpaired) electrons. The molecule has 1 unspecified atom stereocenters. The Morgan fingerprint density at radius 3 is 2.80 bits per heavy atom. The maximum absolute atomic E-state index is 12.4. The minimum Gasteiger partial charge on any atom is -0.397 e. The molecular weight excluding hydrogens is 272 g/mol. The second kappa shape index (κ2) is 4.77. The molecule has 3 rings (SSSR count). The number of anilines is 1. The third-order valence-corrected chi connectivity index (χ3v) is 5.58. The average Bonchev–Trinajstić information content (AvgIpc) is 2.76. The minimum absolute atomic E-state index is 0.0532. The molecule has 1 atom stereocenters. The van der Waals surface area contributed by atoms with Crippen molar-refractivity contribution < 1.29 is 4.79 Å². The zero-order chi connectivity index (χ0) is 14.4. The van der Waals surface area contributed by atoms with E-state index in [4.69, 9.17) is 5.73 Å². The molecule has 2 aromatic rings. The van der Waals surface area contributed by atoms with Crippen LogP contribution in [0.15, 0.2) is 0 Å². The lowest BCUT2D eigenvalue weighted by molar-refractivity contribution is 0.0914. The van der Waals surface area contributed by atoms with Crippen LogP contribution >= 0.6 is 11.3 Å². The number of nitrogen functional groups attached to an aromatic ring is 1. The molecule has 0 saturated heterocycles. The number of fused-ring (bicyclic) bond motifs is 1. The van der Waals surface area contributed by atoms with E-state index in [9.17, 15) is 4.79 Å². The summed E-state index contributed by atoms with van der Waals surface area (Å²) in [6.07, 6.45) is 3.71. The van der Waals surface area contributed by atoms with Gasteiger partial charge in [-0.2, -0.15) is 5.10 Å². The summed E-state index contributed by atoms with van der Waals surface area (Å²) in [4.78, 5) is 14.0. The Balaban J connectivity index is 1.87. The quantitative estimate of drug-likeness (QED) is 0.912. The molecule has 0 bridgehead atoms. The van der Waals surface area contributed by atoms with E-state index in [0.717, 1.165) is 15.9 Å². The maximum atomic E-state index is 12.4. The van der Waals surface area contributed by atoms with Crippen molar-refractivity contribution in [3.8, 4) is 0 Å². The van der Waals surface area contributed by atoms with Crippen LogP contribution in [0.5, 0.6) is 0 Å². The first-order valence-corrected chi connectivity index (χ1v) is 7.83. The molecular formula is C14H20N4OS. The van der Waals surface area contributed by atoms with Gasteiger partial charge in [-0.15, -0.1) is 11.3 Å². The number of thiophene rings is 1. The summed E-state index contributed by atoms with van der Waals surface area (Å²) >= 11 is 1.42. The third kappa shape index (κ3) is 1.98. The standard InChI is InChI=1S/C14H20N4OS/c1-7(9-5-4-6-9)16-13(19)12-11(15)10-8(2)17-18(3)14(10)20-12/h7,9H,4-6,15H2,1-3H3,(H,16,19). The minimum atomic E-state index is -0.0532. The lowest BCUT2D eigenvalue weighted by Crippen LogP contribution is -2.40. The van der Waals surface area contributed by atoms with Crippen LogP contribution in [0.1, 0.15) is 41.6 Å². The topological polar surface area (TPSA) is 72.9 Å². The molecule has 0 aliphatic heterocycles. The van der Waals surface area contributed by atoms with Gasteiger partial charge < -0.3 is 11.1 Å². The smallest absolute Gasteiger partial charge is 0.263 e. The fourth-order valence-electron chi connectivity index (χ4n) is 2.83. The predicted octanol–water partition coefficient (Wildman–Crippen LogP) is 2.44. The monoisotopic (exact) mass is 292 g/mol. The molecule has 2 aromatic heterocycles. The summed E-state index contributed by atoms with van der Waals surface area (Å²) in [6.45, 7) is 4.00. The lowest BCUT2D eigenvalue weighted by Gasteiger charge is -2.31. The number of nitrogens with one attached hydrogen (secondary N) is 1. The molecule has 1 aliphatic carbocycles. The summed E-state index contributed by atoms with van der Waals surface area (Å²) in [5.74, 6) is 0.570. The van der Waals surface area contributed by atoms with E-state index in [2.05, 4.69) is 17.3 Å². The number of aryl methyl sites for hydroxylation is 2. The number of carbonyl (C=O) groups is 1. The Morgan fingerprint density at radius 1 is 1.55 bits per heavy atom. The molecule has 3 N–H and O–H groups in total. The molecule has 1 amide bonds. The summed E-state index contributed by atoms with van der Waals surface area (Å²) in [5, 5.41) is 8.34. The molecule has 6 heteroatoms. The van der Waals surface area contributed by atoms with Gasteiger partial charge in [-0.05, 0) is 32.6 Å². The highest BCUT2D eigenvalue weighted by Gasteiger charge is 2.27. The lowest BCUT2D eigenvalue weighted by atomic mass is 9.80. The van der Waals surface area contributed by atoms with Gasteiger partial charge >= 0.3 is 0 Å². The number of aromatic nitrogens is 2. The summed E-state index contributed by atoms with van der Waals surface area (Å²) in [7, 11) is 1.88. The predicted molar refractivity (Wildman–Crippen MR) is 82.0 cm³/mol. The first-order valence-electron chi connectivity index (χ1n) is 7.01. The van der Waals surface area contributed by atoms with Gasteiger partial charge in [0.1, 0.15) is 9.71 Å². The van der Waals surface area contributed by atoms with Gasteiger partial charge in [0.2, 0.25) is 0 Å². The van der Waals surface area contributed by atoms with Crippen molar-refractivity contribution in [2.24, 2.45) is 13.0 Å². The summed E-state index contributed by atoms with van der Waals surface area (Å²) in [6, 6.07) is 0.222. The Labute approximate surface area is 122 Å². The molecule has 20 heavy (non-hydrogen) atoms. The van der Waals surface area contributed by atoms with Gasteiger partial charge in [0, 0.05) is 13.1 Å². The number of rotatable bonds is 3. The van der Waals surface area contributed by atoms with E-state index in [-0.39, 0.29) is 11.9 Å². The molecule has 2 heterocycles. The van der Waals surface area contributed by atoms with Gasteiger partial charge in [0.05, 0.1) is 16.8 Å². The van der Waals surface area contributed by atoms with E-state index in [0.29, 0.717) is 16.5 Å². The molecule has 1 saturated carbocycles. The van der Waals surface area contributed by atoms with Gasteiger partial charge in [-0.25, -0.2) is 0 Å². The highest BCUT2D eigenvalue weighted by atomic mass is 32.1. The Bertz CT molecular complexity index is 668. The zero-order valence-electron chi connectivity index (χ0n) is 12.1. The number of hydrogen-bond donors (Lipinski definition) is 2. The fraction of sp³-hybridized carbons (Fsp3) is 0.571. The SMILES string of the molecule is Cc1nn(C)c2sc(C(=O)NC(C)C3CCC3)c(N)c12. The van der Waals surface area contributed by atoms with E-state index in [1.807, 2.05) is 14.0 Å². The second-order valence-electron chi connectivity index (χ2n) is 5.69. The number of amides is 1. The van der Waals surface area contributed by atoms with Crippen molar-refractivity contribution in [1.82, 2.24) is 15.1 Å². The first-order chi connectivity index (χ1) is 9.49. The van der Waals surface area contributed by atoms with Gasteiger partial charge in [0.15, 0.2) is 0 Å². The van der Waals surface area contributed by atoms with Crippen molar-refractivity contribution in [2.75, 3.05) is 5.73 Å². The highest BCUT2D eigenvalue weighted by Crippen LogP contribution is 2.36. The van der Waals surface area contributed by atoms with Crippen LogP contribution in [0.4, 0.5) is 5.69 Å². The van der Waals surface area contributed by atoms with Crippen LogP contribution in [0, 0.1) is 12.8 Å². The maximum Gasteiger partial charge on any atom is 0.263 e. The molecule has 1 aliphatic rings. The van der Waals surface area contributed by atoms with Crippen LogP contribution in [0.25, 0.3) is 10.2 Å². The van der Waals surface area contributed by atoms with E-state index in [1.165, 1.54) is 30.6 Å². The van der Waals surface area contributed by atoms with Crippen LogP contribution in [-0.4, -0.2) is 21.7 Å². The molecule has 5 nitrogen and oxygen atoms in total. The van der Waals surface area contributed by atoms with Crippen molar-refractivity contribution >= 4 is 33.1 Å². The van der Waals surface area contributed by atoms with Crippen molar-refractivity contribution in [2.45, 2.75) is 39.2 Å². The fourth-order valence-corrected chi connectivity index (χ4v) is 3.92. The van der Waals surface area contributed by atoms with Crippen molar-refractivity contribution in [3.63, 3.8) is 0 Å². The molecule has 0 aromatic carbocycles. The van der Waals surface area contributed by atoms with Crippen LogP contribution in [0.2, 0.25) is 0 Å². The molecule has 1 fully saturated rings. The van der Waals surface area contributed by atoms with E-state index in [1.54, 1.807) is 4.68 Å². The zero-order valence-corrected chi connectivity index (χ0v) is 12.9. The first kappa shape index (κ1) is 13.4. The van der Waals surface area contributed by atoms with Crippen molar-refractivity contribution in [3.05, 3.63) is 10.6 Å². The number of carbonyl (C=O) groups excluding carboxylic acids is 1. The van der Waals surface area contributed by atoms with Gasteiger partial charge in [-0.1, -0.05) is 6.42 Å². The number of nitrogens with two attached hydrogens (primary N) is 1. The normalized spacial score (nSPS) is 17.1. The van der Waals surface area contributed by atoms with E-state index >= 15 is 0 Å². The van der Waals surface area contributed by atoms with Gasteiger partial charge in [0.25, 0.3) is 5.91 Å². The molecule has 108 valence electrons. The van der Waals surface area contributed by atoms with Crippen molar-refractivity contribution in [1.29, 1.82) is 0 Å². The summed E-state index contributed by atoms with van der Waals surface area (Å²) in [5.41, 5.74) is 7.59. The van der Waals surface area contributed by atoms with E-state index < -0.39 is 0 Å². The average molecular weight is 292 g/mol. The second-order valence-corrected chi connectivity index (χ2v) is 6.69. The highest BCUT2D eigenvalue weighted by molar-refractivity contribution is 7.21. The molecule has 0 spiro atoms. The largest absolute Gasteiger partial charge is 0.397 e. The number of nitrogens with zero attached hydrogens (tertiary/aromatic N) is 2. The van der Waals surface area contributed by atoms with Gasteiger partial charge in [-0.3, -0.25) is 9.48 Å². The summed E-state index contributed by atoms with van der Waals surface area (Å²) < 4.78 is 1.79. The Morgan fingerprint density at radius 2 is 2.25 bits per heavy atom. The van der Waals surface area contributed by atoms with Crippen LogP contribution < -0.4 is 11.1 Å². The number of hydrogen-bond acceptors (Lipinski definition) is 4. The Hall–Kier alpha value is -1.56. The van der Waals surface area contributed by atoms with Crippen LogP contribution in [-0.2, 0) is 7.05 Å². The Kier molecular flexibility index (Phi) is 3.20. The third-order valence-electron chi connectivity index (χ3n) is 4.30.